The molecule has 1 nitrogen and oxygen atoms in total. The molecule has 0 unspecified atom stereocenters. The topological polar surface area (TPSA) is 17.1 Å². The number of carbonyl (C=O) groups is 1. The maximum absolute atomic E-state index is 12.0. The molecule has 0 bridgehead atoms. The van der Waals surface area contributed by atoms with Crippen LogP contribution in [0.2, 0.25) is 0 Å². The standard InChI is InChI=1S/C13H20OS/c1-4-15(3,5-2)11-13(14)12-9-7-6-8-10-12/h6-10H,4-5,11H2,1-3H3. The van der Waals surface area contributed by atoms with E-state index < -0.39 is 10.0 Å². The van der Waals surface area contributed by atoms with E-state index >= 15 is 0 Å². The predicted molar refractivity (Wildman–Crippen MR) is 70.2 cm³/mol. The van der Waals surface area contributed by atoms with Gasteiger partial charge in [0.25, 0.3) is 0 Å². The van der Waals surface area contributed by atoms with Crippen LogP contribution in [-0.4, -0.2) is 29.3 Å². The van der Waals surface area contributed by atoms with E-state index in [0.29, 0.717) is 5.78 Å². The summed E-state index contributed by atoms with van der Waals surface area (Å²) in [6.45, 7) is 4.38. The molecule has 0 amide bonds. The molecule has 1 aromatic carbocycles. The first-order valence-electron chi connectivity index (χ1n) is 5.41. The summed E-state index contributed by atoms with van der Waals surface area (Å²) < 4.78 is 0. The van der Waals surface area contributed by atoms with Crippen LogP contribution < -0.4 is 0 Å². The van der Waals surface area contributed by atoms with Crippen LogP contribution in [-0.2, 0) is 0 Å². The molecule has 0 heterocycles. The highest BCUT2D eigenvalue weighted by molar-refractivity contribution is 8.33. The molecule has 0 saturated heterocycles. The Labute approximate surface area is 94.2 Å². The van der Waals surface area contributed by atoms with Crippen molar-refractivity contribution in [2.45, 2.75) is 13.8 Å². The lowest BCUT2D eigenvalue weighted by molar-refractivity contribution is 0.102. The SMILES string of the molecule is CCS(C)(CC)CC(=O)c1ccccc1. The largest absolute Gasteiger partial charge is 0.293 e. The first kappa shape index (κ1) is 12.3. The van der Waals surface area contributed by atoms with E-state index in [2.05, 4.69) is 20.1 Å². The minimum absolute atomic E-state index is 0.303. The molecule has 0 aliphatic carbocycles. The Morgan fingerprint density at radius 1 is 1.13 bits per heavy atom. The van der Waals surface area contributed by atoms with E-state index in [-0.39, 0.29) is 0 Å². The Morgan fingerprint density at radius 2 is 1.67 bits per heavy atom. The Hall–Kier alpha value is -0.760. The van der Waals surface area contributed by atoms with E-state index in [1.807, 2.05) is 30.3 Å². The molecule has 15 heavy (non-hydrogen) atoms. The van der Waals surface area contributed by atoms with Gasteiger partial charge < -0.3 is 0 Å². The van der Waals surface area contributed by atoms with Crippen molar-refractivity contribution in [1.29, 1.82) is 0 Å². The number of benzene rings is 1. The molecule has 0 aliphatic rings. The van der Waals surface area contributed by atoms with E-state index in [1.165, 1.54) is 0 Å². The molecule has 0 N–H and O–H groups in total. The number of ketones is 1. The van der Waals surface area contributed by atoms with Crippen LogP contribution in [0.4, 0.5) is 0 Å². The highest BCUT2D eigenvalue weighted by Gasteiger charge is 2.18. The van der Waals surface area contributed by atoms with Gasteiger partial charge in [-0.15, -0.1) is 0 Å². The summed E-state index contributed by atoms with van der Waals surface area (Å²) in [5.74, 6) is 3.32. The lowest BCUT2D eigenvalue weighted by Gasteiger charge is -2.32. The first-order chi connectivity index (χ1) is 7.11. The van der Waals surface area contributed by atoms with Crippen molar-refractivity contribution in [3.05, 3.63) is 35.9 Å². The number of Topliss-reactive ketones (excluding diaryl/α,β-unsaturated/α-hetero) is 1. The maximum atomic E-state index is 12.0. The van der Waals surface area contributed by atoms with E-state index in [1.54, 1.807) is 0 Å². The zero-order chi connectivity index (χ0) is 11.3. The predicted octanol–water partition coefficient (Wildman–Crippen LogP) is 3.34. The van der Waals surface area contributed by atoms with Crippen LogP contribution in [0.25, 0.3) is 0 Å². The molecule has 1 rings (SSSR count). The first-order valence-corrected chi connectivity index (χ1v) is 7.96. The van der Waals surface area contributed by atoms with Crippen LogP contribution >= 0.6 is 10.0 Å². The van der Waals surface area contributed by atoms with Gasteiger partial charge in [0.1, 0.15) is 0 Å². The van der Waals surface area contributed by atoms with Crippen molar-refractivity contribution in [3.63, 3.8) is 0 Å². The molecule has 0 aromatic heterocycles. The van der Waals surface area contributed by atoms with Crippen LogP contribution in [0.15, 0.2) is 30.3 Å². The zero-order valence-corrected chi connectivity index (χ0v) is 10.6. The van der Waals surface area contributed by atoms with Gasteiger partial charge in [0.15, 0.2) is 5.78 Å². The quantitative estimate of drug-likeness (QED) is 0.701. The second-order valence-corrected chi connectivity index (χ2v) is 8.39. The van der Waals surface area contributed by atoms with Crippen LogP contribution in [0.3, 0.4) is 0 Å². The third-order valence-corrected chi connectivity index (χ3v) is 6.72. The van der Waals surface area contributed by atoms with Gasteiger partial charge in [0.05, 0.1) is 0 Å². The maximum Gasteiger partial charge on any atom is 0.171 e. The van der Waals surface area contributed by atoms with Crippen molar-refractivity contribution in [2.24, 2.45) is 0 Å². The number of carbonyl (C=O) groups excluding carboxylic acids is 1. The molecular weight excluding hydrogens is 204 g/mol. The molecule has 0 saturated carbocycles. The highest BCUT2D eigenvalue weighted by atomic mass is 32.3. The number of hydrogen-bond donors (Lipinski definition) is 0. The zero-order valence-electron chi connectivity index (χ0n) is 9.82. The van der Waals surface area contributed by atoms with Crippen molar-refractivity contribution in [3.8, 4) is 0 Å². The smallest absolute Gasteiger partial charge is 0.171 e. The fourth-order valence-electron chi connectivity index (χ4n) is 1.43. The molecule has 0 aliphatic heterocycles. The van der Waals surface area contributed by atoms with Crippen LogP contribution in [0, 0.1) is 0 Å². The lowest BCUT2D eigenvalue weighted by Crippen LogP contribution is -2.16. The Bertz CT molecular complexity index is 315. The van der Waals surface area contributed by atoms with Gasteiger partial charge >= 0.3 is 0 Å². The number of hydrogen-bond acceptors (Lipinski definition) is 1. The minimum atomic E-state index is -0.712. The average Bonchev–Trinajstić information content (AvgIpc) is 2.30. The third kappa shape index (κ3) is 3.38. The molecular formula is C13H20OS. The summed E-state index contributed by atoms with van der Waals surface area (Å²) >= 11 is 0. The fraction of sp³-hybridized carbons (Fsp3) is 0.462. The molecule has 1 aromatic rings. The molecule has 84 valence electrons. The van der Waals surface area contributed by atoms with Crippen LogP contribution in [0.5, 0.6) is 0 Å². The Morgan fingerprint density at radius 3 is 2.13 bits per heavy atom. The molecule has 2 heteroatoms. The Kier molecular flexibility index (Phi) is 4.40. The summed E-state index contributed by atoms with van der Waals surface area (Å²) in [6, 6.07) is 9.62. The van der Waals surface area contributed by atoms with Gasteiger partial charge in [-0.25, -0.2) is 10.0 Å². The highest BCUT2D eigenvalue weighted by Crippen LogP contribution is 2.43. The van der Waals surface area contributed by atoms with Gasteiger partial charge in [-0.2, -0.15) is 0 Å². The van der Waals surface area contributed by atoms with E-state index in [9.17, 15) is 4.79 Å². The normalized spacial score (nSPS) is 12.5. The third-order valence-electron chi connectivity index (χ3n) is 2.97. The lowest BCUT2D eigenvalue weighted by atomic mass is 10.2. The summed E-state index contributed by atoms with van der Waals surface area (Å²) in [5.41, 5.74) is 0.859. The van der Waals surface area contributed by atoms with Gasteiger partial charge in [0.2, 0.25) is 0 Å². The second-order valence-electron chi connectivity index (χ2n) is 3.99. The Balaban J connectivity index is 2.72. The van der Waals surface area contributed by atoms with Crippen LogP contribution in [0.1, 0.15) is 24.2 Å². The molecule has 0 atom stereocenters. The fourth-order valence-corrected chi connectivity index (χ4v) is 3.05. The monoisotopic (exact) mass is 224 g/mol. The molecule has 0 fully saturated rings. The summed E-state index contributed by atoms with van der Waals surface area (Å²) in [4.78, 5) is 12.0. The van der Waals surface area contributed by atoms with Gasteiger partial charge in [-0.1, -0.05) is 44.2 Å². The molecule has 0 radical (unpaired) electrons. The van der Waals surface area contributed by atoms with Crippen molar-refractivity contribution >= 4 is 15.8 Å². The summed E-state index contributed by atoms with van der Waals surface area (Å²) in [6.07, 6.45) is 2.27. The molecule has 0 spiro atoms. The van der Waals surface area contributed by atoms with Gasteiger partial charge in [-0.3, -0.25) is 4.79 Å². The van der Waals surface area contributed by atoms with Crippen molar-refractivity contribution in [2.75, 3.05) is 23.5 Å². The average molecular weight is 224 g/mol. The van der Waals surface area contributed by atoms with E-state index in [0.717, 1.165) is 22.8 Å². The van der Waals surface area contributed by atoms with Crippen molar-refractivity contribution < 1.29 is 4.79 Å². The summed E-state index contributed by atoms with van der Waals surface area (Å²) in [7, 11) is -0.712. The number of rotatable bonds is 5. The summed E-state index contributed by atoms with van der Waals surface area (Å²) in [5, 5.41) is 0. The van der Waals surface area contributed by atoms with Gasteiger partial charge in [-0.05, 0) is 17.8 Å². The minimum Gasteiger partial charge on any atom is -0.293 e. The second kappa shape index (κ2) is 5.36. The van der Waals surface area contributed by atoms with E-state index in [4.69, 9.17) is 0 Å². The van der Waals surface area contributed by atoms with Crippen molar-refractivity contribution in [1.82, 2.24) is 0 Å². The van der Waals surface area contributed by atoms with Gasteiger partial charge in [0, 0.05) is 11.3 Å².